The van der Waals surface area contributed by atoms with E-state index in [0.29, 0.717) is 18.1 Å². The standard InChI is InChI=1S/C15H19N3O2/c1-11(14-6-7-15(17)8-14)18-20-19-10-13-4-2-12(9-16)3-5-13/h2-5,14-15H,6-8,10,17H2,1H3. The Kier molecular flexibility index (Phi) is 5.10. The Morgan fingerprint density at radius 1 is 1.40 bits per heavy atom. The predicted octanol–water partition coefficient (Wildman–Crippen LogP) is 2.51. The Labute approximate surface area is 118 Å². The van der Waals surface area contributed by atoms with Crippen molar-refractivity contribution in [2.75, 3.05) is 0 Å². The molecule has 2 unspecified atom stereocenters. The molecule has 20 heavy (non-hydrogen) atoms. The van der Waals surface area contributed by atoms with Gasteiger partial charge >= 0.3 is 0 Å². The summed E-state index contributed by atoms with van der Waals surface area (Å²) in [6, 6.07) is 9.49. The van der Waals surface area contributed by atoms with Gasteiger partial charge in [-0.1, -0.05) is 17.3 Å². The lowest BCUT2D eigenvalue weighted by Gasteiger charge is -2.07. The molecule has 0 heterocycles. The van der Waals surface area contributed by atoms with Gasteiger partial charge in [-0.2, -0.15) is 10.1 Å². The molecule has 2 rings (SSSR count). The monoisotopic (exact) mass is 273 g/mol. The van der Waals surface area contributed by atoms with Crippen LogP contribution in [0.3, 0.4) is 0 Å². The van der Waals surface area contributed by atoms with E-state index in [-0.39, 0.29) is 6.04 Å². The van der Waals surface area contributed by atoms with Crippen molar-refractivity contribution < 1.29 is 9.88 Å². The predicted molar refractivity (Wildman–Crippen MR) is 75.5 cm³/mol. The lowest BCUT2D eigenvalue weighted by molar-refractivity contribution is -0.305. The normalized spacial score (nSPS) is 22.6. The van der Waals surface area contributed by atoms with Crippen LogP contribution in [-0.2, 0) is 16.5 Å². The molecule has 1 saturated carbocycles. The minimum atomic E-state index is 0.282. The number of rotatable bonds is 5. The molecule has 1 aromatic rings. The summed E-state index contributed by atoms with van der Waals surface area (Å²) >= 11 is 0. The summed E-state index contributed by atoms with van der Waals surface area (Å²) < 4.78 is 0. The van der Waals surface area contributed by atoms with Crippen LogP contribution in [-0.4, -0.2) is 11.8 Å². The van der Waals surface area contributed by atoms with Crippen molar-refractivity contribution in [1.82, 2.24) is 0 Å². The summed E-state index contributed by atoms with van der Waals surface area (Å²) in [5, 5.41) is 12.7. The number of hydrogen-bond donors (Lipinski definition) is 1. The first-order chi connectivity index (χ1) is 9.69. The number of nitrogens with two attached hydrogens (primary N) is 1. The molecule has 2 N–H and O–H groups in total. The zero-order valence-electron chi connectivity index (χ0n) is 11.6. The average molecular weight is 273 g/mol. The van der Waals surface area contributed by atoms with E-state index in [1.165, 1.54) is 0 Å². The van der Waals surface area contributed by atoms with Gasteiger partial charge in [-0.25, -0.2) is 4.99 Å². The molecule has 0 aliphatic heterocycles. The number of nitriles is 1. The van der Waals surface area contributed by atoms with Gasteiger partial charge < -0.3 is 5.73 Å². The fourth-order valence-electron chi connectivity index (χ4n) is 2.33. The fraction of sp³-hybridized carbons (Fsp3) is 0.467. The Morgan fingerprint density at radius 2 is 2.15 bits per heavy atom. The second kappa shape index (κ2) is 7.04. The summed E-state index contributed by atoms with van der Waals surface area (Å²) in [6.07, 6.45) is 3.08. The molecule has 1 aliphatic carbocycles. The van der Waals surface area contributed by atoms with Gasteiger partial charge in [0, 0.05) is 12.0 Å². The van der Waals surface area contributed by atoms with Gasteiger partial charge in [-0.15, -0.1) is 0 Å². The molecule has 1 fully saturated rings. The number of nitrogens with zero attached hydrogens (tertiary/aromatic N) is 2. The van der Waals surface area contributed by atoms with Gasteiger partial charge in [0.25, 0.3) is 0 Å². The van der Waals surface area contributed by atoms with Crippen LogP contribution in [0.2, 0.25) is 0 Å². The van der Waals surface area contributed by atoms with E-state index in [1.54, 1.807) is 12.1 Å². The summed E-state index contributed by atoms with van der Waals surface area (Å²) in [5.41, 5.74) is 8.35. The third-order valence-electron chi connectivity index (χ3n) is 3.61. The van der Waals surface area contributed by atoms with Crippen LogP contribution in [0, 0.1) is 17.2 Å². The first-order valence-corrected chi connectivity index (χ1v) is 6.77. The minimum absolute atomic E-state index is 0.282. The maximum atomic E-state index is 8.69. The van der Waals surface area contributed by atoms with Crippen molar-refractivity contribution in [2.45, 2.75) is 38.8 Å². The molecule has 0 spiro atoms. The van der Waals surface area contributed by atoms with Gasteiger partial charge in [-0.3, -0.25) is 0 Å². The third-order valence-corrected chi connectivity index (χ3v) is 3.61. The van der Waals surface area contributed by atoms with E-state index in [0.717, 1.165) is 30.5 Å². The molecular formula is C15H19N3O2. The van der Waals surface area contributed by atoms with Crippen LogP contribution in [0.1, 0.15) is 37.3 Å². The molecule has 5 heteroatoms. The topological polar surface area (TPSA) is 80.6 Å². The van der Waals surface area contributed by atoms with Gasteiger partial charge in [0.2, 0.25) is 0 Å². The zero-order valence-corrected chi connectivity index (χ0v) is 11.6. The van der Waals surface area contributed by atoms with Crippen molar-refractivity contribution in [3.05, 3.63) is 35.4 Å². The molecule has 2 atom stereocenters. The molecule has 5 nitrogen and oxygen atoms in total. The first kappa shape index (κ1) is 14.5. The minimum Gasteiger partial charge on any atom is -0.328 e. The maximum Gasteiger partial charge on any atom is 0.122 e. The maximum absolute atomic E-state index is 8.69. The lowest BCUT2D eigenvalue weighted by Crippen LogP contribution is -2.17. The Hall–Kier alpha value is -1.90. The van der Waals surface area contributed by atoms with Gasteiger partial charge in [0.1, 0.15) is 6.61 Å². The lowest BCUT2D eigenvalue weighted by atomic mass is 10.0. The summed E-state index contributed by atoms with van der Waals surface area (Å²) in [7, 11) is 0. The highest BCUT2D eigenvalue weighted by molar-refractivity contribution is 5.84. The Morgan fingerprint density at radius 3 is 2.75 bits per heavy atom. The van der Waals surface area contributed by atoms with E-state index in [1.807, 2.05) is 19.1 Å². The summed E-state index contributed by atoms with van der Waals surface area (Å²) in [4.78, 5) is 9.93. The quantitative estimate of drug-likeness (QED) is 0.387. The Balaban J connectivity index is 1.74. The molecule has 1 aliphatic rings. The SMILES string of the molecule is CC(=NOOCc1ccc(C#N)cc1)C1CCC(N)C1. The van der Waals surface area contributed by atoms with Crippen molar-refractivity contribution in [2.24, 2.45) is 16.8 Å². The van der Waals surface area contributed by atoms with E-state index in [4.69, 9.17) is 20.9 Å². The third kappa shape index (κ3) is 4.05. The molecule has 0 bridgehead atoms. The van der Waals surface area contributed by atoms with Gasteiger partial charge in [0.15, 0.2) is 0 Å². The van der Waals surface area contributed by atoms with E-state index < -0.39 is 0 Å². The largest absolute Gasteiger partial charge is 0.328 e. The Bertz CT molecular complexity index is 505. The molecular weight excluding hydrogens is 254 g/mol. The van der Waals surface area contributed by atoms with Gasteiger partial charge in [0.05, 0.1) is 17.3 Å². The molecule has 0 saturated heterocycles. The molecule has 0 amide bonds. The van der Waals surface area contributed by atoms with E-state index in [2.05, 4.69) is 11.2 Å². The van der Waals surface area contributed by atoms with Crippen molar-refractivity contribution in [3.8, 4) is 6.07 Å². The smallest absolute Gasteiger partial charge is 0.122 e. The number of oxime groups is 1. The first-order valence-electron chi connectivity index (χ1n) is 6.77. The number of benzene rings is 1. The highest BCUT2D eigenvalue weighted by Crippen LogP contribution is 2.25. The summed E-state index contributed by atoms with van der Waals surface area (Å²) in [5.74, 6) is 0.406. The van der Waals surface area contributed by atoms with Crippen LogP contribution >= 0.6 is 0 Å². The van der Waals surface area contributed by atoms with Crippen molar-refractivity contribution in [1.29, 1.82) is 5.26 Å². The molecule has 106 valence electrons. The second-order valence-corrected chi connectivity index (χ2v) is 5.15. The molecule has 1 aromatic carbocycles. The van der Waals surface area contributed by atoms with Crippen molar-refractivity contribution in [3.63, 3.8) is 0 Å². The van der Waals surface area contributed by atoms with E-state index >= 15 is 0 Å². The zero-order chi connectivity index (χ0) is 14.4. The highest BCUT2D eigenvalue weighted by atomic mass is 17.3. The summed E-state index contributed by atoms with van der Waals surface area (Å²) in [6.45, 7) is 2.24. The van der Waals surface area contributed by atoms with Crippen LogP contribution in [0.25, 0.3) is 0 Å². The molecule has 0 radical (unpaired) electrons. The highest BCUT2D eigenvalue weighted by Gasteiger charge is 2.24. The molecule has 0 aromatic heterocycles. The fourth-order valence-corrected chi connectivity index (χ4v) is 2.33. The second-order valence-electron chi connectivity index (χ2n) is 5.15. The van der Waals surface area contributed by atoms with Crippen LogP contribution in [0.4, 0.5) is 0 Å². The van der Waals surface area contributed by atoms with Crippen LogP contribution in [0.15, 0.2) is 29.4 Å². The number of hydrogen-bond acceptors (Lipinski definition) is 5. The van der Waals surface area contributed by atoms with Gasteiger partial charge in [-0.05, 0) is 43.9 Å². The van der Waals surface area contributed by atoms with Crippen molar-refractivity contribution >= 4 is 5.71 Å². The average Bonchev–Trinajstić information content (AvgIpc) is 2.91. The van der Waals surface area contributed by atoms with Crippen LogP contribution < -0.4 is 5.73 Å². The van der Waals surface area contributed by atoms with E-state index in [9.17, 15) is 0 Å². The van der Waals surface area contributed by atoms with Crippen LogP contribution in [0.5, 0.6) is 0 Å².